The maximum absolute atomic E-state index is 12.9. The smallest absolute Gasteiger partial charge is 0.338 e. The first-order chi connectivity index (χ1) is 14.8. The van der Waals surface area contributed by atoms with Crippen LogP contribution >= 0.6 is 23.2 Å². The number of ether oxygens (including phenoxy) is 2. The number of rotatable bonds is 7. The van der Waals surface area contributed by atoms with Gasteiger partial charge in [-0.1, -0.05) is 67.4 Å². The SMILES string of the molecule is CCOC(=O)C1=C(c2ccccc2)NC(=O)NC1c1cc(Cl)c(OCC(C)C)c(Cl)c1. The molecule has 1 unspecified atom stereocenters. The van der Waals surface area contributed by atoms with Crippen LogP contribution in [-0.4, -0.2) is 25.2 Å². The lowest BCUT2D eigenvalue weighted by molar-refractivity contribution is -0.138. The minimum Gasteiger partial charge on any atom is -0.490 e. The fraction of sp³-hybridized carbons (Fsp3) is 0.304. The van der Waals surface area contributed by atoms with Crippen LogP contribution in [-0.2, 0) is 9.53 Å². The van der Waals surface area contributed by atoms with E-state index in [1.807, 2.05) is 32.0 Å². The van der Waals surface area contributed by atoms with E-state index in [1.54, 1.807) is 31.2 Å². The van der Waals surface area contributed by atoms with Crippen LogP contribution < -0.4 is 15.4 Å². The molecule has 0 bridgehead atoms. The zero-order valence-electron chi connectivity index (χ0n) is 17.5. The molecular formula is C23H24Cl2N2O4. The molecule has 1 aliphatic heterocycles. The Morgan fingerprint density at radius 1 is 1.13 bits per heavy atom. The minimum absolute atomic E-state index is 0.189. The second kappa shape index (κ2) is 10.1. The van der Waals surface area contributed by atoms with Crippen LogP contribution in [0.5, 0.6) is 5.75 Å². The van der Waals surface area contributed by atoms with E-state index in [4.69, 9.17) is 32.7 Å². The van der Waals surface area contributed by atoms with Crippen LogP contribution in [0.3, 0.4) is 0 Å². The predicted molar refractivity (Wildman–Crippen MR) is 121 cm³/mol. The van der Waals surface area contributed by atoms with Crippen LogP contribution in [0, 0.1) is 5.92 Å². The van der Waals surface area contributed by atoms with Gasteiger partial charge in [0.1, 0.15) is 0 Å². The van der Waals surface area contributed by atoms with Crippen LogP contribution in [0.15, 0.2) is 48.0 Å². The molecule has 0 saturated carbocycles. The van der Waals surface area contributed by atoms with E-state index in [9.17, 15) is 9.59 Å². The number of hydrogen-bond acceptors (Lipinski definition) is 4. The van der Waals surface area contributed by atoms with Crippen molar-refractivity contribution in [1.29, 1.82) is 0 Å². The number of esters is 1. The lowest BCUT2D eigenvalue weighted by Gasteiger charge is -2.30. The molecule has 6 nitrogen and oxygen atoms in total. The Bertz CT molecular complexity index is 983. The fourth-order valence-corrected chi connectivity index (χ4v) is 3.82. The molecule has 0 radical (unpaired) electrons. The molecule has 0 spiro atoms. The summed E-state index contributed by atoms with van der Waals surface area (Å²) in [5.41, 5.74) is 1.86. The average Bonchev–Trinajstić information content (AvgIpc) is 2.73. The van der Waals surface area contributed by atoms with E-state index in [1.165, 1.54) is 0 Å². The Labute approximate surface area is 191 Å². The summed E-state index contributed by atoms with van der Waals surface area (Å²) in [6, 6.07) is 11.1. The van der Waals surface area contributed by atoms with Crippen molar-refractivity contribution in [3.05, 3.63) is 69.2 Å². The van der Waals surface area contributed by atoms with Crippen molar-refractivity contribution in [1.82, 2.24) is 10.6 Å². The van der Waals surface area contributed by atoms with Gasteiger partial charge in [-0.15, -0.1) is 0 Å². The van der Waals surface area contributed by atoms with Crippen LogP contribution in [0.25, 0.3) is 5.70 Å². The van der Waals surface area contributed by atoms with Crippen molar-refractivity contribution >= 4 is 40.9 Å². The predicted octanol–water partition coefficient (Wildman–Crippen LogP) is 5.36. The molecule has 31 heavy (non-hydrogen) atoms. The van der Waals surface area contributed by atoms with Crippen molar-refractivity contribution in [2.45, 2.75) is 26.8 Å². The van der Waals surface area contributed by atoms with E-state index in [0.29, 0.717) is 45.1 Å². The fourth-order valence-electron chi connectivity index (χ4n) is 3.21. The number of halogens is 2. The van der Waals surface area contributed by atoms with Gasteiger partial charge < -0.3 is 20.1 Å². The molecule has 0 fully saturated rings. The standard InChI is InChI=1S/C23H24Cl2N2O4/c1-4-30-22(28)18-19(14-8-6-5-7-9-14)26-23(29)27-20(18)15-10-16(24)21(17(25)11-15)31-12-13(2)3/h5-11,13,20H,4,12H2,1-3H3,(H2,26,27,29). The van der Waals surface area contributed by atoms with Gasteiger partial charge in [0.15, 0.2) is 5.75 Å². The number of benzene rings is 2. The molecule has 3 rings (SSSR count). The van der Waals surface area contributed by atoms with Gasteiger partial charge in [-0.2, -0.15) is 0 Å². The number of hydrogen-bond donors (Lipinski definition) is 2. The van der Waals surface area contributed by atoms with Gasteiger partial charge in [0.2, 0.25) is 0 Å². The van der Waals surface area contributed by atoms with Gasteiger partial charge >= 0.3 is 12.0 Å². The molecule has 0 aromatic heterocycles. The highest BCUT2D eigenvalue weighted by atomic mass is 35.5. The molecule has 1 heterocycles. The zero-order chi connectivity index (χ0) is 22.5. The Morgan fingerprint density at radius 2 is 1.77 bits per heavy atom. The zero-order valence-corrected chi connectivity index (χ0v) is 19.0. The molecular weight excluding hydrogens is 439 g/mol. The van der Waals surface area contributed by atoms with E-state index in [-0.39, 0.29) is 12.2 Å². The van der Waals surface area contributed by atoms with E-state index < -0.39 is 18.0 Å². The molecule has 8 heteroatoms. The summed E-state index contributed by atoms with van der Waals surface area (Å²) in [4.78, 5) is 25.4. The first-order valence-corrected chi connectivity index (χ1v) is 10.7. The highest BCUT2D eigenvalue weighted by Crippen LogP contribution is 2.39. The summed E-state index contributed by atoms with van der Waals surface area (Å²) >= 11 is 12.9. The molecule has 2 aromatic rings. The van der Waals surface area contributed by atoms with Crippen molar-refractivity contribution in [3.63, 3.8) is 0 Å². The minimum atomic E-state index is -0.808. The second-order valence-corrected chi connectivity index (χ2v) is 8.24. The second-order valence-electron chi connectivity index (χ2n) is 7.43. The van der Waals surface area contributed by atoms with Gasteiger partial charge in [0.25, 0.3) is 0 Å². The highest BCUT2D eigenvalue weighted by molar-refractivity contribution is 6.37. The lowest BCUT2D eigenvalue weighted by atomic mass is 9.92. The first-order valence-electron chi connectivity index (χ1n) is 9.97. The third-order valence-corrected chi connectivity index (χ3v) is 5.11. The third-order valence-electron chi connectivity index (χ3n) is 4.54. The topological polar surface area (TPSA) is 76.7 Å². The Balaban J connectivity index is 2.11. The molecule has 2 amide bonds. The summed E-state index contributed by atoms with van der Waals surface area (Å²) in [5.74, 6) is 0.111. The number of amides is 2. The quantitative estimate of drug-likeness (QED) is 0.543. The number of nitrogens with one attached hydrogen (secondary N) is 2. The lowest BCUT2D eigenvalue weighted by Crippen LogP contribution is -2.45. The molecule has 164 valence electrons. The van der Waals surface area contributed by atoms with Crippen molar-refractivity contribution in [3.8, 4) is 5.75 Å². The van der Waals surface area contributed by atoms with Crippen molar-refractivity contribution in [2.24, 2.45) is 5.92 Å². The van der Waals surface area contributed by atoms with Crippen LogP contribution in [0.4, 0.5) is 4.79 Å². The van der Waals surface area contributed by atoms with Crippen molar-refractivity contribution < 1.29 is 19.1 Å². The molecule has 2 aromatic carbocycles. The van der Waals surface area contributed by atoms with Crippen molar-refractivity contribution in [2.75, 3.05) is 13.2 Å². The van der Waals surface area contributed by atoms with Crippen LogP contribution in [0.1, 0.15) is 37.9 Å². The van der Waals surface area contributed by atoms with E-state index >= 15 is 0 Å². The summed E-state index contributed by atoms with van der Waals surface area (Å²) in [7, 11) is 0. The third kappa shape index (κ3) is 5.32. The Kier molecular flexibility index (Phi) is 7.46. The molecule has 2 N–H and O–H groups in total. The molecule has 0 aliphatic carbocycles. The maximum Gasteiger partial charge on any atom is 0.338 e. The summed E-state index contributed by atoms with van der Waals surface area (Å²) < 4.78 is 11.0. The van der Waals surface area contributed by atoms with E-state index in [2.05, 4.69) is 10.6 Å². The summed E-state index contributed by atoms with van der Waals surface area (Å²) in [6.07, 6.45) is 0. The first kappa shape index (κ1) is 23.0. The maximum atomic E-state index is 12.9. The number of urea groups is 1. The Morgan fingerprint density at radius 3 is 2.35 bits per heavy atom. The van der Waals surface area contributed by atoms with Gasteiger partial charge in [-0.3, -0.25) is 0 Å². The van der Waals surface area contributed by atoms with Gasteiger partial charge in [-0.05, 0) is 36.1 Å². The molecule has 0 saturated heterocycles. The monoisotopic (exact) mass is 462 g/mol. The Hall–Kier alpha value is -2.70. The van der Waals surface area contributed by atoms with E-state index in [0.717, 1.165) is 0 Å². The summed E-state index contributed by atoms with van der Waals surface area (Å²) in [5, 5.41) is 6.10. The molecule has 1 atom stereocenters. The van der Waals surface area contributed by atoms with Gasteiger partial charge in [0.05, 0.1) is 40.6 Å². The number of carbonyl (C=O) groups is 2. The largest absolute Gasteiger partial charge is 0.490 e. The normalized spacial score (nSPS) is 16.1. The van der Waals surface area contributed by atoms with Gasteiger partial charge in [0, 0.05) is 0 Å². The average molecular weight is 463 g/mol. The summed E-state index contributed by atoms with van der Waals surface area (Å²) in [6.45, 7) is 6.40. The number of carbonyl (C=O) groups excluding carboxylic acids is 2. The highest BCUT2D eigenvalue weighted by Gasteiger charge is 2.35. The van der Waals surface area contributed by atoms with Gasteiger partial charge in [-0.25, -0.2) is 9.59 Å². The molecule has 1 aliphatic rings. The van der Waals surface area contributed by atoms with Crippen LogP contribution in [0.2, 0.25) is 10.0 Å².